The molecule has 0 spiro atoms. The van der Waals surface area contributed by atoms with Crippen LogP contribution in [0, 0.1) is 0 Å². The van der Waals surface area contributed by atoms with Crippen LogP contribution in [0.1, 0.15) is 0 Å². The highest BCUT2D eigenvalue weighted by atomic mass is 31.2. The molecule has 10 heteroatoms. The monoisotopic (exact) mass is 260 g/mol. The summed E-state index contributed by atoms with van der Waals surface area (Å²) in [7, 11) is -4.83. The molecule has 1 heterocycles. The highest BCUT2D eigenvalue weighted by molar-refractivity contribution is 7.46. The van der Waals surface area contributed by atoms with E-state index in [9.17, 15) is 19.9 Å². The van der Waals surface area contributed by atoms with E-state index in [-0.39, 0.29) is 0 Å². The first-order valence-electron chi connectivity index (χ1n) is 4.27. The summed E-state index contributed by atoms with van der Waals surface area (Å²) in [4.78, 5) is 16.8. The van der Waals surface area contributed by atoms with Crippen molar-refractivity contribution in [3.63, 3.8) is 0 Å². The van der Waals surface area contributed by atoms with Gasteiger partial charge in [0, 0.05) is 0 Å². The van der Waals surface area contributed by atoms with Crippen molar-refractivity contribution in [1.82, 2.24) is 0 Å². The number of hydrogen-bond donors (Lipinski definition) is 6. The summed E-state index contributed by atoms with van der Waals surface area (Å²) in [6.45, 7) is -1.71. The van der Waals surface area contributed by atoms with Gasteiger partial charge in [0.05, 0.1) is 6.61 Å². The maximum absolute atomic E-state index is 10.4. The Labute approximate surface area is 90.1 Å². The third kappa shape index (κ3) is 2.98. The Morgan fingerprint density at radius 3 is 2.31 bits per heavy atom. The first kappa shape index (κ1) is 14.0. The Morgan fingerprint density at radius 2 is 1.94 bits per heavy atom. The normalized spacial score (nSPS) is 40.2. The average molecular weight is 260 g/mol. The van der Waals surface area contributed by atoms with Gasteiger partial charge in [-0.05, 0) is 0 Å². The van der Waals surface area contributed by atoms with Crippen LogP contribution < -0.4 is 0 Å². The van der Waals surface area contributed by atoms with Crippen LogP contribution in [0.5, 0.6) is 0 Å². The molecule has 0 aromatic carbocycles. The molecule has 0 bridgehead atoms. The fourth-order valence-electron chi connectivity index (χ4n) is 1.31. The molecule has 1 aliphatic rings. The van der Waals surface area contributed by atoms with E-state index in [0.29, 0.717) is 0 Å². The van der Waals surface area contributed by atoms with Crippen LogP contribution in [0.3, 0.4) is 0 Å². The van der Waals surface area contributed by atoms with Crippen LogP contribution in [0.2, 0.25) is 0 Å². The van der Waals surface area contributed by atoms with Crippen molar-refractivity contribution in [1.29, 1.82) is 0 Å². The van der Waals surface area contributed by atoms with Crippen LogP contribution in [0.15, 0.2) is 0 Å². The molecule has 1 fully saturated rings. The van der Waals surface area contributed by atoms with Crippen molar-refractivity contribution in [3.05, 3.63) is 0 Å². The van der Waals surface area contributed by atoms with Crippen molar-refractivity contribution in [3.8, 4) is 0 Å². The number of aliphatic hydroxyl groups excluding tert-OH is 3. The summed E-state index contributed by atoms with van der Waals surface area (Å²) in [5.74, 6) is -2.46. The predicted octanol–water partition coefficient (Wildman–Crippen LogP) is -3.10. The van der Waals surface area contributed by atoms with Crippen LogP contribution in [0.25, 0.3) is 0 Å². The van der Waals surface area contributed by atoms with Crippen molar-refractivity contribution < 1.29 is 44.0 Å². The maximum Gasteiger partial charge on any atom is 0.469 e. The Bertz CT molecular complexity index is 290. The summed E-state index contributed by atoms with van der Waals surface area (Å²) in [5.41, 5.74) is 0. The molecule has 6 N–H and O–H groups in total. The van der Waals surface area contributed by atoms with Crippen molar-refractivity contribution in [2.75, 3.05) is 13.2 Å². The highest BCUT2D eigenvalue weighted by Gasteiger charge is 2.54. The first-order valence-corrected chi connectivity index (χ1v) is 5.80. The number of aliphatic hydroxyl groups is 4. The second-order valence-electron chi connectivity index (χ2n) is 3.38. The standard InChI is InChI=1S/C6H13O9P/c7-1-3-4(8)5(9)6(10,15-3)2-14-16(11,12)13/h3-5,7-10H,1-2H2,(H2,11,12,13)/t3-,4-,5+,6-/m1/s1. The Morgan fingerprint density at radius 1 is 1.38 bits per heavy atom. The molecule has 0 aromatic heterocycles. The van der Waals surface area contributed by atoms with Crippen LogP contribution >= 0.6 is 7.82 Å². The Balaban J connectivity index is 2.67. The van der Waals surface area contributed by atoms with E-state index in [1.165, 1.54) is 0 Å². The topological polar surface area (TPSA) is 157 Å². The smallest absolute Gasteiger partial charge is 0.394 e. The van der Waals surface area contributed by atoms with Gasteiger partial charge in [-0.15, -0.1) is 0 Å². The molecule has 1 aliphatic heterocycles. The van der Waals surface area contributed by atoms with Crippen molar-refractivity contribution >= 4 is 7.82 Å². The van der Waals surface area contributed by atoms with E-state index < -0.39 is 45.1 Å². The van der Waals surface area contributed by atoms with Crippen molar-refractivity contribution in [2.45, 2.75) is 24.1 Å². The van der Waals surface area contributed by atoms with Gasteiger partial charge < -0.3 is 34.9 Å². The summed E-state index contributed by atoms with van der Waals surface area (Å²) in [6.07, 6.45) is -4.66. The molecule has 0 aromatic rings. The third-order valence-electron chi connectivity index (χ3n) is 2.14. The molecular weight excluding hydrogens is 247 g/mol. The molecular formula is C6H13O9P. The van der Waals surface area contributed by atoms with Crippen LogP contribution in [0.4, 0.5) is 0 Å². The molecule has 0 aliphatic carbocycles. The number of rotatable bonds is 4. The van der Waals surface area contributed by atoms with E-state index in [0.717, 1.165) is 0 Å². The lowest BCUT2D eigenvalue weighted by Crippen LogP contribution is -2.46. The molecule has 0 radical (unpaired) electrons. The molecule has 0 saturated carbocycles. The van der Waals surface area contributed by atoms with E-state index >= 15 is 0 Å². The van der Waals surface area contributed by atoms with Crippen LogP contribution in [-0.2, 0) is 13.8 Å². The highest BCUT2D eigenvalue weighted by Crippen LogP contribution is 2.39. The molecule has 16 heavy (non-hydrogen) atoms. The fourth-order valence-corrected chi connectivity index (χ4v) is 1.67. The minimum absolute atomic E-state index is 0.670. The zero-order valence-electron chi connectivity index (χ0n) is 8.00. The van der Waals surface area contributed by atoms with Gasteiger partial charge in [-0.1, -0.05) is 0 Å². The second-order valence-corrected chi connectivity index (χ2v) is 4.62. The van der Waals surface area contributed by atoms with E-state index in [1.807, 2.05) is 0 Å². The van der Waals surface area contributed by atoms with E-state index in [4.69, 9.17) is 14.9 Å². The summed E-state index contributed by atoms with van der Waals surface area (Å²) >= 11 is 0. The lowest BCUT2D eigenvalue weighted by molar-refractivity contribution is -0.245. The first-order chi connectivity index (χ1) is 7.19. The van der Waals surface area contributed by atoms with Gasteiger partial charge >= 0.3 is 7.82 Å². The number of ether oxygens (including phenoxy) is 1. The minimum Gasteiger partial charge on any atom is -0.394 e. The SMILES string of the molecule is O=P(O)(O)OC[C@@]1(O)O[C@H](CO)[C@@H](O)[C@@H]1O. The molecule has 0 unspecified atom stereocenters. The van der Waals surface area contributed by atoms with Gasteiger partial charge in [0.1, 0.15) is 24.9 Å². The quantitative estimate of drug-likeness (QED) is 0.288. The molecule has 9 nitrogen and oxygen atoms in total. The van der Waals surface area contributed by atoms with Gasteiger partial charge in [-0.3, -0.25) is 4.52 Å². The predicted molar refractivity (Wildman–Crippen MR) is 46.9 cm³/mol. The zero-order chi connectivity index (χ0) is 12.6. The Kier molecular flexibility index (Phi) is 4.06. The third-order valence-corrected chi connectivity index (χ3v) is 2.61. The molecule has 96 valence electrons. The number of hydrogen-bond acceptors (Lipinski definition) is 7. The van der Waals surface area contributed by atoms with Gasteiger partial charge in [0.15, 0.2) is 0 Å². The summed E-state index contributed by atoms with van der Waals surface area (Å²) < 4.78 is 19.0. The minimum atomic E-state index is -4.83. The second kappa shape index (κ2) is 4.65. The number of phosphoric ester groups is 1. The average Bonchev–Trinajstić information content (AvgIpc) is 2.40. The van der Waals surface area contributed by atoms with Crippen molar-refractivity contribution in [2.24, 2.45) is 0 Å². The lowest BCUT2D eigenvalue weighted by Gasteiger charge is -2.25. The summed E-state index contributed by atoms with van der Waals surface area (Å²) in [6, 6.07) is 0. The Hall–Kier alpha value is -0.0900. The van der Waals surface area contributed by atoms with Gasteiger partial charge in [0.25, 0.3) is 0 Å². The molecule has 4 atom stereocenters. The van der Waals surface area contributed by atoms with E-state index in [2.05, 4.69) is 9.26 Å². The van der Waals surface area contributed by atoms with E-state index in [1.54, 1.807) is 0 Å². The van der Waals surface area contributed by atoms with Gasteiger partial charge in [-0.2, -0.15) is 0 Å². The zero-order valence-corrected chi connectivity index (χ0v) is 8.90. The molecule has 0 amide bonds. The summed E-state index contributed by atoms with van der Waals surface area (Å²) in [5, 5.41) is 36.9. The molecule has 1 saturated heterocycles. The van der Waals surface area contributed by atoms with Crippen LogP contribution in [-0.4, -0.2) is 67.5 Å². The lowest BCUT2D eigenvalue weighted by atomic mass is 10.1. The van der Waals surface area contributed by atoms with Gasteiger partial charge in [0.2, 0.25) is 5.79 Å². The van der Waals surface area contributed by atoms with Gasteiger partial charge in [-0.25, -0.2) is 4.57 Å². The largest absolute Gasteiger partial charge is 0.469 e. The molecule has 1 rings (SSSR count). The number of phosphoric acid groups is 1. The fraction of sp³-hybridized carbons (Fsp3) is 1.00. The maximum atomic E-state index is 10.4.